The molecule has 4 heteroatoms. The van der Waals surface area contributed by atoms with Gasteiger partial charge >= 0.3 is 0 Å². The Morgan fingerprint density at radius 1 is 1.19 bits per heavy atom. The maximum absolute atomic E-state index is 12.2. The van der Waals surface area contributed by atoms with Crippen molar-refractivity contribution in [1.82, 2.24) is 0 Å². The number of hydrogen-bond acceptors (Lipinski definition) is 3. The van der Waals surface area contributed by atoms with E-state index in [4.69, 9.17) is 4.74 Å². The van der Waals surface area contributed by atoms with Gasteiger partial charge < -0.3 is 10.1 Å². The molecule has 0 aliphatic rings. The fourth-order valence-electron chi connectivity index (χ4n) is 1.98. The Labute approximate surface area is 133 Å². The number of halogens is 1. The van der Waals surface area contributed by atoms with Crippen LogP contribution in [0.5, 0.6) is 5.75 Å². The molecule has 2 aromatic rings. The zero-order valence-electron chi connectivity index (χ0n) is 12.2. The summed E-state index contributed by atoms with van der Waals surface area (Å²) in [5, 5.41) is 3.15. The number of hydrogen-bond donors (Lipinski definition) is 1. The van der Waals surface area contributed by atoms with Gasteiger partial charge in [0.15, 0.2) is 5.78 Å². The van der Waals surface area contributed by atoms with Crippen molar-refractivity contribution in [2.75, 3.05) is 19.0 Å². The van der Waals surface area contributed by atoms with E-state index < -0.39 is 0 Å². The summed E-state index contributed by atoms with van der Waals surface area (Å²) in [6.45, 7) is 2.39. The Morgan fingerprint density at radius 3 is 2.48 bits per heavy atom. The third kappa shape index (κ3) is 4.08. The van der Waals surface area contributed by atoms with Crippen LogP contribution in [0.4, 0.5) is 5.69 Å². The van der Waals surface area contributed by atoms with Crippen molar-refractivity contribution in [2.45, 2.75) is 13.3 Å². The fraction of sp³-hybridized carbons (Fsp3) is 0.235. The van der Waals surface area contributed by atoms with Crippen LogP contribution in [0.15, 0.2) is 46.9 Å². The van der Waals surface area contributed by atoms with E-state index in [0.29, 0.717) is 5.56 Å². The highest BCUT2D eigenvalue weighted by Crippen LogP contribution is 2.25. The highest BCUT2D eigenvalue weighted by atomic mass is 79.9. The van der Waals surface area contributed by atoms with Crippen LogP contribution in [0, 0.1) is 0 Å². The van der Waals surface area contributed by atoms with Gasteiger partial charge in [0, 0.05) is 11.3 Å². The second-order valence-electron chi connectivity index (χ2n) is 4.68. The number of anilines is 1. The van der Waals surface area contributed by atoms with Crippen LogP contribution in [0.2, 0.25) is 0 Å². The predicted molar refractivity (Wildman–Crippen MR) is 89.3 cm³/mol. The van der Waals surface area contributed by atoms with Gasteiger partial charge in [-0.2, -0.15) is 0 Å². The van der Waals surface area contributed by atoms with Crippen molar-refractivity contribution >= 4 is 27.4 Å². The van der Waals surface area contributed by atoms with E-state index in [1.165, 1.54) is 5.56 Å². The lowest BCUT2D eigenvalue weighted by atomic mass is 10.1. The van der Waals surface area contributed by atoms with E-state index in [-0.39, 0.29) is 12.3 Å². The standard InChI is InChI=1S/C17H18BrNO2/c1-3-12-4-7-14(8-5-12)19-11-16(20)13-6-9-17(21-2)15(18)10-13/h4-10,19H,3,11H2,1-2H3. The molecule has 0 unspecified atom stereocenters. The van der Waals surface area contributed by atoms with Gasteiger partial charge in [-0.15, -0.1) is 0 Å². The topological polar surface area (TPSA) is 38.3 Å². The second-order valence-corrected chi connectivity index (χ2v) is 5.53. The molecule has 0 aliphatic heterocycles. The molecule has 0 atom stereocenters. The van der Waals surface area contributed by atoms with Gasteiger partial charge in [-0.05, 0) is 58.2 Å². The molecule has 0 amide bonds. The molecule has 0 saturated carbocycles. The molecule has 0 aliphatic carbocycles. The van der Waals surface area contributed by atoms with E-state index in [9.17, 15) is 4.79 Å². The molecule has 0 radical (unpaired) electrons. The third-order valence-corrected chi connectivity index (χ3v) is 3.91. The van der Waals surface area contributed by atoms with Crippen LogP contribution in [0.25, 0.3) is 0 Å². The van der Waals surface area contributed by atoms with E-state index in [1.807, 2.05) is 12.1 Å². The normalized spacial score (nSPS) is 10.2. The number of benzene rings is 2. The summed E-state index contributed by atoms with van der Waals surface area (Å²) in [6.07, 6.45) is 1.01. The molecular weight excluding hydrogens is 330 g/mol. The van der Waals surface area contributed by atoms with Gasteiger partial charge in [-0.1, -0.05) is 19.1 Å². The van der Waals surface area contributed by atoms with Crippen LogP contribution in [0.1, 0.15) is 22.8 Å². The first-order chi connectivity index (χ1) is 10.1. The smallest absolute Gasteiger partial charge is 0.181 e. The Balaban J connectivity index is 1.99. The summed E-state index contributed by atoms with van der Waals surface area (Å²) < 4.78 is 5.94. The zero-order valence-corrected chi connectivity index (χ0v) is 13.7. The number of ether oxygens (including phenoxy) is 1. The molecule has 3 nitrogen and oxygen atoms in total. The highest BCUT2D eigenvalue weighted by Gasteiger charge is 2.08. The molecule has 0 fully saturated rings. The number of rotatable bonds is 6. The average molecular weight is 348 g/mol. The highest BCUT2D eigenvalue weighted by molar-refractivity contribution is 9.10. The molecule has 1 N–H and O–H groups in total. The van der Waals surface area contributed by atoms with Crippen LogP contribution in [-0.2, 0) is 6.42 Å². The van der Waals surface area contributed by atoms with Gasteiger partial charge in [0.1, 0.15) is 5.75 Å². The number of carbonyl (C=O) groups is 1. The second kappa shape index (κ2) is 7.27. The van der Waals surface area contributed by atoms with Crippen LogP contribution in [0.3, 0.4) is 0 Å². The molecule has 21 heavy (non-hydrogen) atoms. The maximum atomic E-state index is 12.2. The molecule has 0 spiro atoms. The van der Waals surface area contributed by atoms with Crippen molar-refractivity contribution in [3.63, 3.8) is 0 Å². The monoisotopic (exact) mass is 347 g/mol. The lowest BCUT2D eigenvalue weighted by Crippen LogP contribution is -2.14. The molecule has 2 rings (SSSR count). The van der Waals surface area contributed by atoms with Crippen LogP contribution < -0.4 is 10.1 Å². The van der Waals surface area contributed by atoms with Crippen LogP contribution >= 0.6 is 15.9 Å². The summed E-state index contributed by atoms with van der Waals surface area (Å²) in [5.41, 5.74) is 2.89. The van der Waals surface area contributed by atoms with Gasteiger partial charge in [0.2, 0.25) is 0 Å². The SMILES string of the molecule is CCc1ccc(NCC(=O)c2ccc(OC)c(Br)c2)cc1. The Bertz CT molecular complexity index is 623. The lowest BCUT2D eigenvalue weighted by molar-refractivity contribution is 0.101. The minimum atomic E-state index is 0.0397. The van der Waals surface area contributed by atoms with Gasteiger partial charge in [0.25, 0.3) is 0 Å². The number of Topliss-reactive ketones (excluding diaryl/α,β-unsaturated/α-hetero) is 1. The quantitative estimate of drug-likeness (QED) is 0.791. The van der Waals surface area contributed by atoms with Crippen molar-refractivity contribution in [3.05, 3.63) is 58.1 Å². The summed E-state index contributed by atoms with van der Waals surface area (Å²) in [5.74, 6) is 0.757. The van der Waals surface area contributed by atoms with Crippen molar-refractivity contribution in [3.8, 4) is 5.75 Å². The number of carbonyl (C=O) groups excluding carboxylic acids is 1. The van der Waals surface area contributed by atoms with Gasteiger partial charge in [-0.25, -0.2) is 0 Å². The minimum Gasteiger partial charge on any atom is -0.496 e. The first-order valence-electron chi connectivity index (χ1n) is 6.83. The number of aryl methyl sites for hydroxylation is 1. The molecule has 110 valence electrons. The van der Waals surface area contributed by atoms with Gasteiger partial charge in [-0.3, -0.25) is 4.79 Å². The van der Waals surface area contributed by atoms with E-state index in [1.54, 1.807) is 25.3 Å². The predicted octanol–water partition coefficient (Wildman–Crippen LogP) is 4.31. The zero-order chi connectivity index (χ0) is 15.2. The molecule has 0 bridgehead atoms. The van der Waals surface area contributed by atoms with Crippen molar-refractivity contribution in [1.29, 1.82) is 0 Å². The first kappa shape index (κ1) is 15.6. The molecular formula is C17H18BrNO2. The fourth-order valence-corrected chi connectivity index (χ4v) is 2.52. The number of methoxy groups -OCH3 is 1. The average Bonchev–Trinajstić information content (AvgIpc) is 2.53. The molecule has 0 aromatic heterocycles. The Hall–Kier alpha value is -1.81. The number of ketones is 1. The lowest BCUT2D eigenvalue weighted by Gasteiger charge is -2.08. The molecule has 2 aromatic carbocycles. The minimum absolute atomic E-state index is 0.0397. The van der Waals surface area contributed by atoms with Crippen LogP contribution in [-0.4, -0.2) is 19.4 Å². The summed E-state index contributed by atoms with van der Waals surface area (Å²) >= 11 is 3.39. The van der Waals surface area contributed by atoms with E-state index in [2.05, 4.69) is 40.3 Å². The van der Waals surface area contributed by atoms with Crippen molar-refractivity contribution in [2.24, 2.45) is 0 Å². The Morgan fingerprint density at radius 2 is 1.90 bits per heavy atom. The maximum Gasteiger partial charge on any atom is 0.181 e. The largest absolute Gasteiger partial charge is 0.496 e. The Kier molecular flexibility index (Phi) is 5.39. The van der Waals surface area contributed by atoms with Crippen molar-refractivity contribution < 1.29 is 9.53 Å². The van der Waals surface area contributed by atoms with Gasteiger partial charge in [0.05, 0.1) is 18.1 Å². The summed E-state index contributed by atoms with van der Waals surface area (Å²) in [6, 6.07) is 13.5. The summed E-state index contributed by atoms with van der Waals surface area (Å²) in [4.78, 5) is 12.2. The third-order valence-electron chi connectivity index (χ3n) is 3.29. The molecule has 0 heterocycles. The van der Waals surface area contributed by atoms with E-state index >= 15 is 0 Å². The van der Waals surface area contributed by atoms with E-state index in [0.717, 1.165) is 22.3 Å². The number of nitrogens with one attached hydrogen (secondary N) is 1. The summed E-state index contributed by atoms with van der Waals surface area (Å²) in [7, 11) is 1.60. The first-order valence-corrected chi connectivity index (χ1v) is 7.63. The molecule has 0 saturated heterocycles.